The Morgan fingerprint density at radius 2 is 2.09 bits per heavy atom. The Hall–Kier alpha value is -3.26. The van der Waals surface area contributed by atoms with Crippen molar-refractivity contribution < 1.29 is 14.3 Å². The number of aromatic nitrogens is 2. The summed E-state index contributed by atoms with van der Waals surface area (Å²) in [5.74, 6) is 2.07. The molecule has 6 rings (SSSR count). The predicted molar refractivity (Wildman–Crippen MR) is 132 cm³/mol. The first kappa shape index (κ1) is 22.5. The average Bonchev–Trinajstić information content (AvgIpc) is 2.85. The van der Waals surface area contributed by atoms with Crippen LogP contribution in [0.4, 0.5) is 5.82 Å². The minimum atomic E-state index is 0.0488. The molecule has 0 spiro atoms. The van der Waals surface area contributed by atoms with Crippen molar-refractivity contribution in [1.29, 1.82) is 0 Å². The molecule has 2 aromatic rings. The molecule has 4 aliphatic rings. The molecule has 0 saturated carbocycles. The topological polar surface area (TPSA) is 88.6 Å². The highest BCUT2D eigenvalue weighted by molar-refractivity contribution is 6.32. The molecule has 8 nitrogen and oxygen atoms in total. The van der Waals surface area contributed by atoms with E-state index in [-0.39, 0.29) is 11.8 Å². The van der Waals surface area contributed by atoms with Gasteiger partial charge >= 0.3 is 0 Å². The average molecular weight is 482 g/mol. The normalized spacial score (nSPS) is 21.2. The van der Waals surface area contributed by atoms with Gasteiger partial charge < -0.3 is 25.0 Å². The number of amides is 1. The molecule has 0 radical (unpaired) electrons. The first-order valence-corrected chi connectivity index (χ1v) is 12.0. The molecule has 3 aliphatic heterocycles. The van der Waals surface area contributed by atoms with Crippen LogP contribution in [0.3, 0.4) is 0 Å². The largest absolute Gasteiger partial charge is 0.494 e. The number of anilines is 1. The molecule has 2 N–H and O–H groups in total. The predicted octanol–water partition coefficient (Wildman–Crippen LogP) is 3.96. The van der Waals surface area contributed by atoms with Crippen molar-refractivity contribution in [2.45, 2.75) is 25.7 Å². The summed E-state index contributed by atoms with van der Waals surface area (Å²) in [6, 6.07) is 3.73. The van der Waals surface area contributed by atoms with Gasteiger partial charge in [0.1, 0.15) is 29.2 Å². The second kappa shape index (κ2) is 9.93. The van der Waals surface area contributed by atoms with Crippen LogP contribution in [-0.2, 0) is 4.79 Å². The maximum absolute atomic E-state index is 12.6. The number of methoxy groups -OCH3 is 1. The van der Waals surface area contributed by atoms with Crippen LogP contribution in [0.5, 0.6) is 11.5 Å². The lowest BCUT2D eigenvalue weighted by Gasteiger charge is -2.32. The maximum atomic E-state index is 12.6. The fraction of sp³-hybridized carbons (Fsp3) is 0.400. The fourth-order valence-electron chi connectivity index (χ4n) is 4.58. The van der Waals surface area contributed by atoms with Gasteiger partial charge in [0.25, 0.3) is 0 Å². The Morgan fingerprint density at radius 3 is 2.91 bits per heavy atom. The second-order valence-corrected chi connectivity index (χ2v) is 9.06. The van der Waals surface area contributed by atoms with Gasteiger partial charge in [-0.15, -0.1) is 0 Å². The Balaban J connectivity index is 1.57. The minimum Gasteiger partial charge on any atom is -0.494 e. The van der Waals surface area contributed by atoms with Gasteiger partial charge in [-0.25, -0.2) is 9.97 Å². The number of nitrogens with one attached hydrogen (secondary N) is 2. The Kier molecular flexibility index (Phi) is 6.58. The van der Waals surface area contributed by atoms with E-state index in [0.717, 1.165) is 49.0 Å². The summed E-state index contributed by atoms with van der Waals surface area (Å²) in [6.45, 7) is 2.72. The number of ether oxygens (including phenoxy) is 2. The molecular weight excluding hydrogens is 454 g/mol. The third-order valence-corrected chi connectivity index (χ3v) is 6.75. The zero-order valence-corrected chi connectivity index (χ0v) is 19.9. The number of fused-ring (bicyclic) bond motifs is 7. The van der Waals surface area contributed by atoms with Crippen molar-refractivity contribution in [3.63, 3.8) is 0 Å². The number of halogens is 1. The van der Waals surface area contributed by atoms with Crippen molar-refractivity contribution in [1.82, 2.24) is 20.2 Å². The van der Waals surface area contributed by atoms with Crippen LogP contribution in [0.25, 0.3) is 10.9 Å². The number of hydrogen-bond donors (Lipinski definition) is 2. The van der Waals surface area contributed by atoms with E-state index < -0.39 is 0 Å². The Labute approximate surface area is 203 Å². The van der Waals surface area contributed by atoms with Gasteiger partial charge in [0.05, 0.1) is 29.8 Å². The first-order chi connectivity index (χ1) is 16.6. The smallest absolute Gasteiger partial charge is 0.223 e. The molecule has 1 saturated heterocycles. The number of piperidine rings is 1. The summed E-state index contributed by atoms with van der Waals surface area (Å²) < 4.78 is 11.6. The molecule has 1 fully saturated rings. The molecular formula is C25H28ClN5O3. The van der Waals surface area contributed by atoms with Crippen molar-refractivity contribution in [3.8, 4) is 11.5 Å². The molecule has 9 heteroatoms. The highest BCUT2D eigenvalue weighted by atomic mass is 35.5. The zero-order chi connectivity index (χ0) is 23.5. The molecule has 1 aliphatic carbocycles. The quantitative estimate of drug-likeness (QED) is 0.637. The Bertz CT molecular complexity index is 1180. The SMILES string of the molecule is COc1cc2cc3c(ncnc13)NC1=C(Cl)C=CC/C1=C/N1CCC(CC1)C(=O)NCCCO2. The van der Waals surface area contributed by atoms with E-state index in [2.05, 4.69) is 37.8 Å². The van der Waals surface area contributed by atoms with Crippen molar-refractivity contribution in [3.05, 3.63) is 53.1 Å². The van der Waals surface area contributed by atoms with E-state index in [1.165, 1.54) is 6.33 Å². The van der Waals surface area contributed by atoms with Gasteiger partial charge in [-0.1, -0.05) is 17.7 Å². The number of benzene rings is 1. The van der Waals surface area contributed by atoms with E-state index >= 15 is 0 Å². The number of carbonyl (C=O) groups excluding carboxylic acids is 1. The Morgan fingerprint density at radius 1 is 1.24 bits per heavy atom. The van der Waals surface area contributed by atoms with Crippen LogP contribution in [0.2, 0.25) is 0 Å². The van der Waals surface area contributed by atoms with E-state index in [1.807, 2.05) is 18.2 Å². The molecule has 4 heterocycles. The third kappa shape index (κ3) is 4.68. The van der Waals surface area contributed by atoms with Gasteiger partial charge in [0.2, 0.25) is 5.91 Å². The van der Waals surface area contributed by atoms with Crippen LogP contribution in [0.15, 0.2) is 53.1 Å². The minimum absolute atomic E-state index is 0.0488. The van der Waals surface area contributed by atoms with Crippen LogP contribution in [0.1, 0.15) is 25.7 Å². The van der Waals surface area contributed by atoms with Gasteiger partial charge in [-0.3, -0.25) is 4.79 Å². The van der Waals surface area contributed by atoms with Crippen LogP contribution < -0.4 is 20.1 Å². The van der Waals surface area contributed by atoms with E-state index in [9.17, 15) is 4.79 Å². The third-order valence-electron chi connectivity index (χ3n) is 6.43. The first-order valence-electron chi connectivity index (χ1n) is 11.6. The summed E-state index contributed by atoms with van der Waals surface area (Å²) in [5.41, 5.74) is 2.57. The van der Waals surface area contributed by atoms with Gasteiger partial charge in [0, 0.05) is 37.8 Å². The van der Waals surface area contributed by atoms with Crippen molar-refractivity contribution in [2.24, 2.45) is 5.92 Å². The molecule has 1 aromatic carbocycles. The molecule has 1 amide bonds. The molecule has 4 bridgehead atoms. The van der Waals surface area contributed by atoms with Crippen molar-refractivity contribution >= 4 is 34.2 Å². The summed E-state index contributed by atoms with van der Waals surface area (Å²) in [6.07, 6.45) is 10.8. The molecule has 0 atom stereocenters. The number of allylic oxidation sites excluding steroid dienone is 4. The van der Waals surface area contributed by atoms with E-state index in [1.54, 1.807) is 7.11 Å². The van der Waals surface area contributed by atoms with Gasteiger partial charge in [0.15, 0.2) is 0 Å². The summed E-state index contributed by atoms with van der Waals surface area (Å²) >= 11 is 6.65. The summed E-state index contributed by atoms with van der Waals surface area (Å²) in [4.78, 5) is 23.8. The van der Waals surface area contributed by atoms with Crippen LogP contribution in [-0.4, -0.2) is 54.1 Å². The lowest BCUT2D eigenvalue weighted by molar-refractivity contribution is -0.126. The maximum Gasteiger partial charge on any atom is 0.223 e. The molecule has 178 valence electrons. The zero-order valence-electron chi connectivity index (χ0n) is 19.1. The second-order valence-electron chi connectivity index (χ2n) is 8.66. The lowest BCUT2D eigenvalue weighted by atomic mass is 9.95. The fourth-order valence-corrected chi connectivity index (χ4v) is 4.84. The van der Waals surface area contributed by atoms with Crippen LogP contribution in [0, 0.1) is 5.92 Å². The van der Waals surface area contributed by atoms with E-state index in [0.29, 0.717) is 47.4 Å². The number of carbonyl (C=O) groups is 1. The highest BCUT2D eigenvalue weighted by Gasteiger charge is 2.25. The standard InChI is InChI=1S/C25H28ClN5O3/c1-33-21-13-18-12-19-23(21)28-15-29-24(19)30-22-17(4-2-5-20(22)26)14-31-9-6-16(7-10-31)25(32)27-8-3-11-34-18/h2,5,12-16H,3-4,6-11H2,1H3,(H,27,32)(H,28,29,30)/b17-14-. The lowest BCUT2D eigenvalue weighted by Crippen LogP contribution is -2.39. The van der Waals surface area contributed by atoms with Crippen LogP contribution >= 0.6 is 11.6 Å². The van der Waals surface area contributed by atoms with E-state index in [4.69, 9.17) is 21.1 Å². The highest BCUT2D eigenvalue weighted by Crippen LogP contribution is 2.36. The monoisotopic (exact) mass is 481 g/mol. The van der Waals surface area contributed by atoms with Crippen molar-refractivity contribution in [2.75, 3.05) is 38.7 Å². The number of hydrogen-bond acceptors (Lipinski definition) is 7. The van der Waals surface area contributed by atoms with Gasteiger partial charge in [-0.05, 0) is 43.4 Å². The number of nitrogens with zero attached hydrogens (tertiary/aromatic N) is 3. The molecule has 0 unspecified atom stereocenters. The molecule has 34 heavy (non-hydrogen) atoms. The van der Waals surface area contributed by atoms with Gasteiger partial charge in [-0.2, -0.15) is 0 Å². The molecule has 1 aromatic heterocycles. The number of rotatable bonds is 1. The summed E-state index contributed by atoms with van der Waals surface area (Å²) in [5, 5.41) is 7.92. The summed E-state index contributed by atoms with van der Waals surface area (Å²) in [7, 11) is 1.61.